The van der Waals surface area contributed by atoms with Crippen LogP contribution in [-0.2, 0) is 4.74 Å². The molecule has 0 amide bonds. The molecular formula is C18H16O7. The molecule has 3 rings (SSSR count). The number of rotatable bonds is 4. The van der Waals surface area contributed by atoms with Crippen molar-refractivity contribution < 1.29 is 28.2 Å². The van der Waals surface area contributed by atoms with Gasteiger partial charge in [0.25, 0.3) is 0 Å². The Kier molecular flexibility index (Phi) is 4.22. The van der Waals surface area contributed by atoms with Crippen molar-refractivity contribution in [1.29, 1.82) is 0 Å². The zero-order valence-electron chi connectivity index (χ0n) is 14.2. The number of ether oxygens (including phenoxy) is 4. The van der Waals surface area contributed by atoms with Gasteiger partial charge in [0.05, 0.1) is 33.8 Å². The summed E-state index contributed by atoms with van der Waals surface area (Å²) in [4.78, 5) is 24.5. The van der Waals surface area contributed by atoms with Crippen molar-refractivity contribution in [3.63, 3.8) is 0 Å². The average molecular weight is 344 g/mol. The highest BCUT2D eigenvalue weighted by Gasteiger charge is 2.24. The summed E-state index contributed by atoms with van der Waals surface area (Å²) in [6.45, 7) is 0. The number of fused-ring (bicyclic) bond motifs is 3. The van der Waals surface area contributed by atoms with Crippen LogP contribution in [0.2, 0.25) is 0 Å². The van der Waals surface area contributed by atoms with Crippen molar-refractivity contribution in [1.82, 2.24) is 0 Å². The van der Waals surface area contributed by atoms with Crippen molar-refractivity contribution in [2.24, 2.45) is 0 Å². The lowest BCUT2D eigenvalue weighted by Gasteiger charge is -2.14. The number of hydrogen-bond donors (Lipinski definition) is 0. The van der Waals surface area contributed by atoms with Crippen LogP contribution in [0.15, 0.2) is 33.5 Å². The van der Waals surface area contributed by atoms with Crippen molar-refractivity contribution in [3.8, 4) is 17.2 Å². The van der Waals surface area contributed by atoms with Crippen LogP contribution in [0.4, 0.5) is 0 Å². The predicted molar refractivity (Wildman–Crippen MR) is 91.0 cm³/mol. The van der Waals surface area contributed by atoms with Gasteiger partial charge in [-0.25, -0.2) is 9.59 Å². The fourth-order valence-electron chi connectivity index (χ4n) is 2.78. The summed E-state index contributed by atoms with van der Waals surface area (Å²) in [6.07, 6.45) is 0. The van der Waals surface area contributed by atoms with E-state index in [1.165, 1.54) is 28.4 Å². The van der Waals surface area contributed by atoms with E-state index in [1.807, 2.05) is 0 Å². The first-order valence-electron chi connectivity index (χ1n) is 7.33. The van der Waals surface area contributed by atoms with Gasteiger partial charge in [0.15, 0.2) is 11.3 Å². The Balaban J connectivity index is 2.53. The van der Waals surface area contributed by atoms with Crippen LogP contribution < -0.4 is 19.8 Å². The van der Waals surface area contributed by atoms with Crippen LogP contribution in [0.5, 0.6) is 17.2 Å². The summed E-state index contributed by atoms with van der Waals surface area (Å²) in [7, 11) is 5.57. The lowest BCUT2D eigenvalue weighted by molar-refractivity contribution is 0.0596. The van der Waals surface area contributed by atoms with E-state index in [0.717, 1.165) is 0 Å². The second kappa shape index (κ2) is 6.35. The molecule has 1 aromatic heterocycles. The van der Waals surface area contributed by atoms with Gasteiger partial charge in [-0.1, -0.05) is 0 Å². The van der Waals surface area contributed by atoms with Crippen LogP contribution >= 0.6 is 0 Å². The predicted octanol–water partition coefficient (Wildman–Crippen LogP) is 2.76. The Labute approximate surface area is 142 Å². The molecule has 0 aliphatic carbocycles. The molecule has 0 atom stereocenters. The van der Waals surface area contributed by atoms with Gasteiger partial charge in [-0.05, 0) is 24.3 Å². The van der Waals surface area contributed by atoms with E-state index < -0.39 is 11.6 Å². The van der Waals surface area contributed by atoms with Gasteiger partial charge in [-0.2, -0.15) is 0 Å². The number of hydrogen-bond acceptors (Lipinski definition) is 7. The van der Waals surface area contributed by atoms with E-state index in [1.54, 1.807) is 24.3 Å². The van der Waals surface area contributed by atoms with Gasteiger partial charge in [0, 0.05) is 10.8 Å². The molecule has 0 radical (unpaired) electrons. The number of esters is 1. The first-order chi connectivity index (χ1) is 12.0. The van der Waals surface area contributed by atoms with Crippen molar-refractivity contribution in [3.05, 3.63) is 40.2 Å². The molecule has 0 aliphatic heterocycles. The molecule has 0 unspecified atom stereocenters. The molecule has 0 saturated heterocycles. The minimum atomic E-state index is -0.593. The van der Waals surface area contributed by atoms with Gasteiger partial charge < -0.3 is 23.4 Å². The molecule has 25 heavy (non-hydrogen) atoms. The maximum Gasteiger partial charge on any atom is 0.344 e. The molecule has 2 aromatic carbocycles. The van der Waals surface area contributed by atoms with Crippen LogP contribution in [0.3, 0.4) is 0 Å². The highest BCUT2D eigenvalue weighted by Crippen LogP contribution is 2.41. The summed E-state index contributed by atoms with van der Waals surface area (Å²) in [5.74, 6) is 0.214. The second-order valence-electron chi connectivity index (χ2n) is 5.16. The third-order valence-electron chi connectivity index (χ3n) is 3.94. The van der Waals surface area contributed by atoms with Gasteiger partial charge >= 0.3 is 11.6 Å². The molecule has 0 N–H and O–H groups in total. The quantitative estimate of drug-likeness (QED) is 0.409. The normalized spacial score (nSPS) is 10.7. The number of carbonyl (C=O) groups is 1. The molecule has 0 spiro atoms. The zero-order chi connectivity index (χ0) is 18.1. The summed E-state index contributed by atoms with van der Waals surface area (Å²) in [5.41, 5.74) is -0.192. The lowest BCUT2D eigenvalue weighted by Crippen LogP contribution is -2.08. The maximum absolute atomic E-state index is 12.4. The molecule has 0 bridgehead atoms. The standard InChI is InChI=1S/C18H16O7/c1-21-9-5-6-10-11-8-13(17(19)24-4)14(22-2)16(23-3)15(11)25-18(20)12(10)7-9/h5-8H,1-4H3. The number of benzene rings is 2. The molecule has 130 valence electrons. The summed E-state index contributed by atoms with van der Waals surface area (Å²) < 4.78 is 26.0. The van der Waals surface area contributed by atoms with E-state index in [2.05, 4.69) is 0 Å². The minimum absolute atomic E-state index is 0.137. The van der Waals surface area contributed by atoms with Crippen LogP contribution in [0.1, 0.15) is 10.4 Å². The maximum atomic E-state index is 12.4. The van der Waals surface area contributed by atoms with Crippen LogP contribution in [0.25, 0.3) is 21.7 Å². The van der Waals surface area contributed by atoms with Crippen LogP contribution in [-0.4, -0.2) is 34.4 Å². The molecule has 1 heterocycles. The molecule has 3 aromatic rings. The molecular weight excluding hydrogens is 328 g/mol. The number of carbonyl (C=O) groups excluding carboxylic acids is 1. The molecule has 0 fully saturated rings. The Bertz CT molecular complexity index is 1030. The summed E-state index contributed by atoms with van der Waals surface area (Å²) in [5, 5.41) is 1.45. The lowest BCUT2D eigenvalue weighted by atomic mass is 10.0. The van der Waals surface area contributed by atoms with E-state index in [0.29, 0.717) is 21.9 Å². The molecule has 0 aliphatic rings. The summed E-state index contributed by atoms with van der Waals surface area (Å²) in [6, 6.07) is 6.57. The zero-order valence-corrected chi connectivity index (χ0v) is 14.2. The van der Waals surface area contributed by atoms with Crippen molar-refractivity contribution in [2.75, 3.05) is 28.4 Å². The third-order valence-corrected chi connectivity index (χ3v) is 3.94. The molecule has 7 nitrogen and oxygen atoms in total. The second-order valence-corrected chi connectivity index (χ2v) is 5.16. The highest BCUT2D eigenvalue weighted by molar-refractivity contribution is 6.10. The van der Waals surface area contributed by atoms with Gasteiger partial charge in [-0.15, -0.1) is 0 Å². The van der Waals surface area contributed by atoms with E-state index in [4.69, 9.17) is 23.4 Å². The fraction of sp³-hybridized carbons (Fsp3) is 0.222. The molecule has 0 saturated carbocycles. The van der Waals surface area contributed by atoms with Gasteiger partial charge in [-0.3, -0.25) is 0 Å². The SMILES string of the molecule is COC(=O)c1cc2c(oc(=O)c3cc(OC)ccc32)c(OC)c1OC. The Morgan fingerprint density at radius 2 is 1.60 bits per heavy atom. The Hall–Kier alpha value is -3.22. The fourth-order valence-corrected chi connectivity index (χ4v) is 2.78. The number of methoxy groups -OCH3 is 4. The van der Waals surface area contributed by atoms with E-state index >= 15 is 0 Å². The monoisotopic (exact) mass is 344 g/mol. The highest BCUT2D eigenvalue weighted by atomic mass is 16.5. The minimum Gasteiger partial charge on any atom is -0.497 e. The largest absolute Gasteiger partial charge is 0.497 e. The Morgan fingerprint density at radius 1 is 0.880 bits per heavy atom. The van der Waals surface area contributed by atoms with Crippen LogP contribution in [0, 0.1) is 0 Å². The van der Waals surface area contributed by atoms with E-state index in [9.17, 15) is 9.59 Å². The first-order valence-corrected chi connectivity index (χ1v) is 7.33. The van der Waals surface area contributed by atoms with Crippen molar-refractivity contribution in [2.45, 2.75) is 0 Å². The topological polar surface area (TPSA) is 84.2 Å². The summed E-state index contributed by atoms with van der Waals surface area (Å²) >= 11 is 0. The Morgan fingerprint density at radius 3 is 2.20 bits per heavy atom. The van der Waals surface area contributed by atoms with Crippen molar-refractivity contribution >= 4 is 27.7 Å². The molecule has 7 heteroatoms. The first kappa shape index (κ1) is 16.6. The van der Waals surface area contributed by atoms with Gasteiger partial charge in [0.2, 0.25) is 5.75 Å². The van der Waals surface area contributed by atoms with Gasteiger partial charge in [0.1, 0.15) is 11.3 Å². The third kappa shape index (κ3) is 2.53. The van der Waals surface area contributed by atoms with E-state index in [-0.39, 0.29) is 22.6 Å². The average Bonchev–Trinajstić information content (AvgIpc) is 2.65. The smallest absolute Gasteiger partial charge is 0.344 e.